The summed E-state index contributed by atoms with van der Waals surface area (Å²) in [5, 5.41) is 8.24. The first kappa shape index (κ1) is 8.69. The van der Waals surface area contributed by atoms with Crippen molar-refractivity contribution in [1.82, 2.24) is 14.8 Å². The molecule has 2 rings (SSSR count). The van der Waals surface area contributed by atoms with Crippen molar-refractivity contribution in [2.45, 2.75) is 45.2 Å². The van der Waals surface area contributed by atoms with Crippen molar-refractivity contribution in [3.63, 3.8) is 0 Å². The number of aromatic nitrogens is 3. The van der Waals surface area contributed by atoms with Gasteiger partial charge in [0, 0.05) is 6.04 Å². The molecule has 72 valence electrons. The summed E-state index contributed by atoms with van der Waals surface area (Å²) in [5.74, 6) is 1.92. The van der Waals surface area contributed by atoms with E-state index >= 15 is 0 Å². The molecule has 0 bridgehead atoms. The summed E-state index contributed by atoms with van der Waals surface area (Å²) in [4.78, 5) is 0. The van der Waals surface area contributed by atoms with Crippen LogP contribution in [0.4, 0.5) is 0 Å². The number of aryl methyl sites for hydroxylation is 1. The zero-order chi connectivity index (χ0) is 9.64. The quantitative estimate of drug-likeness (QED) is 0.741. The lowest BCUT2D eigenvalue weighted by molar-refractivity contribution is 0.514. The van der Waals surface area contributed by atoms with Crippen LogP contribution in [0.1, 0.15) is 44.4 Å². The van der Waals surface area contributed by atoms with Crippen LogP contribution in [0.25, 0.3) is 0 Å². The molecule has 0 amide bonds. The SMILES string of the molecule is Cc1nnc(C2(N)CC2)n1C(C)C. The van der Waals surface area contributed by atoms with Crippen molar-refractivity contribution in [1.29, 1.82) is 0 Å². The van der Waals surface area contributed by atoms with Gasteiger partial charge in [-0.2, -0.15) is 0 Å². The lowest BCUT2D eigenvalue weighted by Crippen LogP contribution is -2.25. The van der Waals surface area contributed by atoms with Gasteiger partial charge in [-0.3, -0.25) is 0 Å². The Bertz CT molecular complexity index is 322. The predicted molar refractivity (Wildman–Crippen MR) is 50.2 cm³/mol. The third kappa shape index (κ3) is 1.25. The van der Waals surface area contributed by atoms with Crippen LogP contribution in [0.15, 0.2) is 0 Å². The lowest BCUT2D eigenvalue weighted by Gasteiger charge is -2.15. The van der Waals surface area contributed by atoms with Crippen LogP contribution in [0, 0.1) is 6.92 Å². The van der Waals surface area contributed by atoms with Gasteiger partial charge in [-0.25, -0.2) is 0 Å². The van der Waals surface area contributed by atoms with Crippen molar-refractivity contribution in [3.05, 3.63) is 11.6 Å². The maximum absolute atomic E-state index is 6.10. The average molecular weight is 180 g/mol. The Kier molecular flexibility index (Phi) is 1.70. The molecule has 0 unspecified atom stereocenters. The smallest absolute Gasteiger partial charge is 0.153 e. The third-order valence-corrected chi connectivity index (χ3v) is 2.62. The summed E-state index contributed by atoms with van der Waals surface area (Å²) in [6.45, 7) is 6.24. The zero-order valence-electron chi connectivity index (χ0n) is 8.41. The van der Waals surface area contributed by atoms with Crippen molar-refractivity contribution < 1.29 is 0 Å². The summed E-state index contributed by atoms with van der Waals surface area (Å²) in [6, 6.07) is 0.394. The van der Waals surface area contributed by atoms with Crippen LogP contribution in [-0.2, 0) is 5.54 Å². The summed E-state index contributed by atoms with van der Waals surface area (Å²) in [7, 11) is 0. The van der Waals surface area contributed by atoms with Gasteiger partial charge in [-0.05, 0) is 33.6 Å². The van der Waals surface area contributed by atoms with E-state index in [1.165, 1.54) is 0 Å². The monoisotopic (exact) mass is 180 g/mol. The summed E-state index contributed by atoms with van der Waals surface area (Å²) < 4.78 is 2.13. The largest absolute Gasteiger partial charge is 0.319 e. The molecule has 4 heteroatoms. The molecular weight excluding hydrogens is 164 g/mol. The number of hydrogen-bond acceptors (Lipinski definition) is 3. The zero-order valence-corrected chi connectivity index (χ0v) is 8.41. The van der Waals surface area contributed by atoms with Gasteiger partial charge in [0.25, 0.3) is 0 Å². The van der Waals surface area contributed by atoms with Gasteiger partial charge in [-0.1, -0.05) is 0 Å². The van der Waals surface area contributed by atoms with E-state index in [1.807, 2.05) is 6.92 Å². The van der Waals surface area contributed by atoms with Gasteiger partial charge >= 0.3 is 0 Å². The number of hydrogen-bond donors (Lipinski definition) is 1. The van der Waals surface area contributed by atoms with Gasteiger partial charge in [0.15, 0.2) is 5.82 Å². The van der Waals surface area contributed by atoms with Crippen LogP contribution in [0.2, 0.25) is 0 Å². The molecule has 0 aliphatic heterocycles. The van der Waals surface area contributed by atoms with Gasteiger partial charge < -0.3 is 10.3 Å². The molecule has 1 aromatic rings. The van der Waals surface area contributed by atoms with E-state index in [0.29, 0.717) is 6.04 Å². The standard InChI is InChI=1S/C9H16N4/c1-6(2)13-7(3)11-12-8(13)9(10)4-5-9/h6H,4-5,10H2,1-3H3. The molecule has 13 heavy (non-hydrogen) atoms. The minimum absolute atomic E-state index is 0.175. The Morgan fingerprint density at radius 2 is 2.00 bits per heavy atom. The molecule has 0 spiro atoms. The van der Waals surface area contributed by atoms with Crippen molar-refractivity contribution >= 4 is 0 Å². The van der Waals surface area contributed by atoms with E-state index in [-0.39, 0.29) is 5.54 Å². The predicted octanol–water partition coefficient (Wildman–Crippen LogP) is 1.12. The van der Waals surface area contributed by atoms with E-state index in [4.69, 9.17) is 5.73 Å². The molecular formula is C9H16N4. The second-order valence-corrected chi connectivity index (χ2v) is 4.19. The van der Waals surface area contributed by atoms with E-state index in [2.05, 4.69) is 28.6 Å². The Morgan fingerprint density at radius 1 is 1.38 bits per heavy atom. The van der Waals surface area contributed by atoms with Gasteiger partial charge in [0.2, 0.25) is 0 Å². The van der Waals surface area contributed by atoms with Crippen LogP contribution in [-0.4, -0.2) is 14.8 Å². The Labute approximate surface area is 78.1 Å². The van der Waals surface area contributed by atoms with Gasteiger partial charge in [-0.15, -0.1) is 10.2 Å². The molecule has 1 aliphatic carbocycles. The molecule has 1 aliphatic rings. The second kappa shape index (κ2) is 2.54. The molecule has 0 atom stereocenters. The van der Waals surface area contributed by atoms with Crippen LogP contribution in [0.5, 0.6) is 0 Å². The average Bonchev–Trinajstić information content (AvgIpc) is 2.63. The first-order valence-electron chi connectivity index (χ1n) is 4.75. The van der Waals surface area contributed by atoms with E-state index in [0.717, 1.165) is 24.5 Å². The Hall–Kier alpha value is -0.900. The summed E-state index contributed by atoms with van der Waals surface area (Å²) in [5.41, 5.74) is 5.92. The van der Waals surface area contributed by atoms with E-state index in [1.54, 1.807) is 0 Å². The van der Waals surface area contributed by atoms with Crippen LogP contribution < -0.4 is 5.73 Å². The summed E-state index contributed by atoms with van der Waals surface area (Å²) in [6.07, 6.45) is 2.08. The van der Waals surface area contributed by atoms with Gasteiger partial charge in [0.05, 0.1) is 5.54 Å². The molecule has 1 heterocycles. The fourth-order valence-corrected chi connectivity index (χ4v) is 1.69. The molecule has 1 aromatic heterocycles. The second-order valence-electron chi connectivity index (χ2n) is 4.19. The minimum Gasteiger partial charge on any atom is -0.319 e. The Balaban J connectivity index is 2.46. The number of rotatable bonds is 2. The first-order chi connectivity index (χ1) is 6.04. The van der Waals surface area contributed by atoms with E-state index < -0.39 is 0 Å². The highest BCUT2D eigenvalue weighted by Crippen LogP contribution is 2.42. The lowest BCUT2D eigenvalue weighted by atomic mass is 10.2. The molecule has 2 N–H and O–H groups in total. The maximum atomic E-state index is 6.10. The first-order valence-corrected chi connectivity index (χ1v) is 4.75. The fraction of sp³-hybridized carbons (Fsp3) is 0.778. The molecule has 1 fully saturated rings. The fourth-order valence-electron chi connectivity index (χ4n) is 1.69. The van der Waals surface area contributed by atoms with Crippen molar-refractivity contribution in [2.24, 2.45) is 5.73 Å². The number of nitrogens with two attached hydrogens (primary N) is 1. The Morgan fingerprint density at radius 3 is 2.46 bits per heavy atom. The molecule has 0 saturated heterocycles. The van der Waals surface area contributed by atoms with Crippen LogP contribution >= 0.6 is 0 Å². The topological polar surface area (TPSA) is 56.7 Å². The van der Waals surface area contributed by atoms with Crippen molar-refractivity contribution in [2.75, 3.05) is 0 Å². The molecule has 0 aromatic carbocycles. The molecule has 4 nitrogen and oxygen atoms in total. The molecule has 0 radical (unpaired) electrons. The highest BCUT2D eigenvalue weighted by atomic mass is 15.3. The van der Waals surface area contributed by atoms with Crippen molar-refractivity contribution in [3.8, 4) is 0 Å². The minimum atomic E-state index is -0.175. The normalized spacial score (nSPS) is 19.5. The van der Waals surface area contributed by atoms with Gasteiger partial charge in [0.1, 0.15) is 5.82 Å². The maximum Gasteiger partial charge on any atom is 0.153 e. The van der Waals surface area contributed by atoms with Crippen LogP contribution in [0.3, 0.4) is 0 Å². The highest BCUT2D eigenvalue weighted by Gasteiger charge is 2.45. The molecule has 1 saturated carbocycles. The van der Waals surface area contributed by atoms with E-state index in [9.17, 15) is 0 Å². The summed E-state index contributed by atoms with van der Waals surface area (Å²) >= 11 is 0. The third-order valence-electron chi connectivity index (χ3n) is 2.62. The highest BCUT2D eigenvalue weighted by molar-refractivity contribution is 5.16. The number of nitrogens with zero attached hydrogens (tertiary/aromatic N) is 3.